The van der Waals surface area contributed by atoms with Crippen molar-refractivity contribution in [1.82, 2.24) is 0 Å². The molecule has 0 radical (unpaired) electrons. The van der Waals surface area contributed by atoms with Crippen LogP contribution in [0.15, 0.2) is 72.8 Å². The van der Waals surface area contributed by atoms with E-state index in [2.05, 4.69) is 6.58 Å². The molecule has 25 heavy (non-hydrogen) atoms. The zero-order chi connectivity index (χ0) is 18.2. The predicted octanol–water partition coefficient (Wildman–Crippen LogP) is 3.54. The molecule has 6 nitrogen and oxygen atoms in total. The third kappa shape index (κ3) is 3.09. The van der Waals surface area contributed by atoms with Gasteiger partial charge in [-0.15, -0.1) is 0 Å². The Labute approximate surface area is 144 Å². The van der Waals surface area contributed by atoms with Gasteiger partial charge in [-0.1, -0.05) is 18.7 Å². The molecule has 2 N–H and O–H groups in total. The smallest absolute Gasteiger partial charge is 0.269 e. The first kappa shape index (κ1) is 16.7. The average Bonchev–Trinajstić information content (AvgIpc) is 2.57. The van der Waals surface area contributed by atoms with E-state index >= 15 is 0 Å². The number of anilines is 1. The number of nitrogens with zero attached hydrogens (tertiary/aromatic N) is 1. The summed E-state index contributed by atoms with van der Waals surface area (Å²) < 4.78 is 26.0. The van der Waals surface area contributed by atoms with Crippen molar-refractivity contribution in [2.75, 3.05) is 5.73 Å². The van der Waals surface area contributed by atoms with E-state index < -0.39 is 14.8 Å². The number of benzene rings is 2. The molecule has 0 spiro atoms. The normalized spacial score (nSPS) is 16.1. The lowest BCUT2D eigenvalue weighted by molar-refractivity contribution is -0.384. The van der Waals surface area contributed by atoms with Gasteiger partial charge in [-0.05, 0) is 53.1 Å². The Balaban J connectivity index is 2.08. The van der Waals surface area contributed by atoms with Crippen molar-refractivity contribution in [3.63, 3.8) is 0 Å². The molecule has 7 heteroatoms. The number of nitro benzene ring substituents is 1. The number of nitrogen functional groups attached to an aromatic ring is 1. The van der Waals surface area contributed by atoms with Crippen molar-refractivity contribution < 1.29 is 13.3 Å². The number of rotatable bonds is 3. The first-order chi connectivity index (χ1) is 11.8. The molecule has 0 aromatic heterocycles. The zero-order valence-corrected chi connectivity index (χ0v) is 13.9. The van der Waals surface area contributed by atoms with Gasteiger partial charge in [0, 0.05) is 17.8 Å². The molecule has 0 aliphatic carbocycles. The summed E-state index contributed by atoms with van der Waals surface area (Å²) in [4.78, 5) is 10.4. The van der Waals surface area contributed by atoms with Gasteiger partial charge in [-0.3, -0.25) is 10.1 Å². The summed E-state index contributed by atoms with van der Waals surface area (Å²) >= 11 is 0. The molecule has 0 saturated carbocycles. The SMILES string of the molecule is C=C1C=C(c2ccc(N)cc2)S(=O)(=O)C(c2ccc([N+](=O)[O-])cc2)=C1. The number of hydrogen-bond acceptors (Lipinski definition) is 5. The Morgan fingerprint density at radius 3 is 1.76 bits per heavy atom. The maximum absolute atomic E-state index is 13.0. The molecule has 2 aromatic carbocycles. The van der Waals surface area contributed by atoms with Gasteiger partial charge in [0.05, 0.1) is 14.7 Å². The molecule has 2 aromatic rings. The zero-order valence-electron chi connectivity index (χ0n) is 13.0. The monoisotopic (exact) mass is 354 g/mol. The lowest BCUT2D eigenvalue weighted by atomic mass is 10.1. The van der Waals surface area contributed by atoms with Crippen LogP contribution in [0, 0.1) is 10.1 Å². The number of hydrogen-bond donors (Lipinski definition) is 1. The summed E-state index contributed by atoms with van der Waals surface area (Å²) in [6.45, 7) is 3.84. The molecule has 0 unspecified atom stereocenters. The highest BCUT2D eigenvalue weighted by molar-refractivity contribution is 8.09. The molecule has 0 fully saturated rings. The molecule has 0 atom stereocenters. The molecule has 0 bridgehead atoms. The van der Waals surface area contributed by atoms with Gasteiger partial charge in [-0.2, -0.15) is 0 Å². The fourth-order valence-electron chi connectivity index (χ4n) is 2.52. The minimum atomic E-state index is -3.80. The van der Waals surface area contributed by atoms with Crippen LogP contribution < -0.4 is 5.73 Å². The van der Waals surface area contributed by atoms with E-state index in [0.717, 1.165) is 0 Å². The van der Waals surface area contributed by atoms with Gasteiger partial charge < -0.3 is 5.73 Å². The second-order valence-electron chi connectivity index (χ2n) is 5.52. The third-order valence-corrected chi connectivity index (χ3v) is 5.64. The van der Waals surface area contributed by atoms with Crippen molar-refractivity contribution in [1.29, 1.82) is 0 Å². The molecular formula is C18H14N2O4S. The largest absolute Gasteiger partial charge is 0.399 e. The van der Waals surface area contributed by atoms with Crippen LogP contribution in [-0.2, 0) is 9.84 Å². The van der Waals surface area contributed by atoms with Crippen LogP contribution in [-0.4, -0.2) is 13.3 Å². The maximum atomic E-state index is 13.0. The second kappa shape index (κ2) is 6.03. The fourth-order valence-corrected chi connectivity index (χ4v) is 4.27. The van der Waals surface area contributed by atoms with Crippen molar-refractivity contribution >= 4 is 31.0 Å². The molecule has 126 valence electrons. The van der Waals surface area contributed by atoms with Crippen LogP contribution in [0.4, 0.5) is 11.4 Å². The second-order valence-corrected chi connectivity index (χ2v) is 7.41. The van der Waals surface area contributed by atoms with Crippen molar-refractivity contribution in [3.05, 3.63) is 94.1 Å². The maximum Gasteiger partial charge on any atom is 0.269 e. The molecular weight excluding hydrogens is 340 g/mol. The van der Waals surface area contributed by atoms with Crippen molar-refractivity contribution in [2.24, 2.45) is 0 Å². The summed E-state index contributed by atoms with van der Waals surface area (Å²) in [5.74, 6) is 0. The van der Waals surface area contributed by atoms with Crippen LogP contribution in [0.5, 0.6) is 0 Å². The van der Waals surface area contributed by atoms with E-state index in [1.807, 2.05) is 0 Å². The Kier molecular flexibility index (Phi) is 4.02. The summed E-state index contributed by atoms with van der Waals surface area (Å²) in [5.41, 5.74) is 7.47. The van der Waals surface area contributed by atoms with Gasteiger partial charge in [-0.25, -0.2) is 8.42 Å². The number of nitro groups is 1. The van der Waals surface area contributed by atoms with Crippen LogP contribution in [0.1, 0.15) is 11.1 Å². The van der Waals surface area contributed by atoms with Crippen LogP contribution in [0.2, 0.25) is 0 Å². The van der Waals surface area contributed by atoms with E-state index in [-0.39, 0.29) is 15.5 Å². The summed E-state index contributed by atoms with van der Waals surface area (Å²) in [6.07, 6.45) is 2.95. The minimum Gasteiger partial charge on any atom is -0.399 e. The van der Waals surface area contributed by atoms with E-state index in [0.29, 0.717) is 22.4 Å². The number of allylic oxidation sites excluding steroid dienone is 3. The Hall–Kier alpha value is -3.19. The molecule has 1 aliphatic rings. The molecule has 0 saturated heterocycles. The van der Waals surface area contributed by atoms with Crippen LogP contribution in [0.3, 0.4) is 0 Å². The highest BCUT2D eigenvalue weighted by atomic mass is 32.2. The number of sulfone groups is 1. The standard InChI is InChI=1S/C18H14N2O4S/c1-12-10-17(13-2-6-15(19)7-3-13)25(23,24)18(11-12)14-4-8-16(9-5-14)20(21)22/h2-11H,1,19H2. The van der Waals surface area contributed by atoms with E-state index in [4.69, 9.17) is 5.73 Å². The molecule has 1 heterocycles. The molecule has 3 rings (SSSR count). The van der Waals surface area contributed by atoms with Crippen LogP contribution in [0.25, 0.3) is 9.81 Å². The van der Waals surface area contributed by atoms with Gasteiger partial charge >= 0.3 is 0 Å². The number of nitrogens with two attached hydrogens (primary N) is 1. The Morgan fingerprint density at radius 1 is 0.880 bits per heavy atom. The topological polar surface area (TPSA) is 103 Å². The predicted molar refractivity (Wildman–Crippen MR) is 98.0 cm³/mol. The third-order valence-electron chi connectivity index (χ3n) is 3.77. The average molecular weight is 354 g/mol. The van der Waals surface area contributed by atoms with Crippen molar-refractivity contribution in [3.8, 4) is 0 Å². The lowest BCUT2D eigenvalue weighted by Crippen LogP contribution is -2.10. The van der Waals surface area contributed by atoms with Crippen molar-refractivity contribution in [2.45, 2.75) is 0 Å². The molecule has 0 amide bonds. The van der Waals surface area contributed by atoms with Gasteiger partial charge in [0.15, 0.2) is 0 Å². The highest BCUT2D eigenvalue weighted by Gasteiger charge is 2.29. The van der Waals surface area contributed by atoms with Gasteiger partial charge in [0.25, 0.3) is 5.69 Å². The highest BCUT2D eigenvalue weighted by Crippen LogP contribution is 2.38. The Morgan fingerprint density at radius 2 is 1.32 bits per heavy atom. The minimum absolute atomic E-state index is 0.0572. The summed E-state index contributed by atoms with van der Waals surface area (Å²) in [5, 5.41) is 10.8. The Bertz CT molecular complexity index is 1030. The van der Waals surface area contributed by atoms with E-state index in [1.165, 1.54) is 36.4 Å². The first-order valence-corrected chi connectivity index (χ1v) is 8.75. The number of non-ortho nitro benzene ring substituents is 1. The van der Waals surface area contributed by atoms with Gasteiger partial charge in [0.1, 0.15) is 0 Å². The molecule has 1 aliphatic heterocycles. The summed E-state index contributed by atoms with van der Waals surface area (Å²) in [7, 11) is -3.80. The van der Waals surface area contributed by atoms with E-state index in [9.17, 15) is 18.5 Å². The fraction of sp³-hybridized carbons (Fsp3) is 0. The van der Waals surface area contributed by atoms with Gasteiger partial charge in [0.2, 0.25) is 9.84 Å². The first-order valence-electron chi connectivity index (χ1n) is 7.27. The van der Waals surface area contributed by atoms with Crippen LogP contribution >= 0.6 is 0 Å². The van der Waals surface area contributed by atoms with E-state index in [1.54, 1.807) is 24.3 Å². The summed E-state index contributed by atoms with van der Waals surface area (Å²) in [6, 6.07) is 11.9. The lowest BCUT2D eigenvalue weighted by Gasteiger charge is -2.18. The quantitative estimate of drug-likeness (QED) is 0.516.